The molecular weight excluding hydrogens is 208 g/mol. The molecule has 0 aliphatic carbocycles. The first-order chi connectivity index (χ1) is 7.15. The van der Waals surface area contributed by atoms with E-state index in [2.05, 4.69) is 4.98 Å². The van der Waals surface area contributed by atoms with Crippen molar-refractivity contribution in [2.45, 2.75) is 19.4 Å². The Morgan fingerprint density at radius 1 is 1.33 bits per heavy atom. The summed E-state index contributed by atoms with van der Waals surface area (Å²) in [5.74, 6) is 0. The summed E-state index contributed by atoms with van der Waals surface area (Å²) in [5.41, 5.74) is 7.73. The Bertz CT molecular complexity index is 480. The van der Waals surface area contributed by atoms with Gasteiger partial charge in [0.2, 0.25) is 0 Å². The van der Waals surface area contributed by atoms with Crippen LogP contribution in [0.25, 0.3) is 10.9 Å². The zero-order valence-corrected chi connectivity index (χ0v) is 9.33. The van der Waals surface area contributed by atoms with Crippen LogP contribution >= 0.6 is 11.6 Å². The average Bonchev–Trinajstić information content (AvgIpc) is 2.17. The normalized spacial score (nSPS) is 13.0. The first-order valence-electron chi connectivity index (χ1n) is 4.96. The molecule has 1 aromatic carbocycles. The number of hydrogen-bond donors (Lipinski definition) is 1. The van der Waals surface area contributed by atoms with Crippen LogP contribution in [0.1, 0.15) is 12.6 Å². The molecule has 2 rings (SSSR count). The van der Waals surface area contributed by atoms with Gasteiger partial charge in [-0.25, -0.2) is 0 Å². The summed E-state index contributed by atoms with van der Waals surface area (Å²) in [6.45, 7) is 1.98. The Morgan fingerprint density at radius 3 is 2.87 bits per heavy atom. The summed E-state index contributed by atoms with van der Waals surface area (Å²) in [6.07, 6.45) is 0.804. The van der Waals surface area contributed by atoms with E-state index in [1.165, 1.54) is 0 Å². The van der Waals surface area contributed by atoms with Crippen molar-refractivity contribution in [3.8, 4) is 0 Å². The van der Waals surface area contributed by atoms with Crippen LogP contribution in [-0.2, 0) is 6.42 Å². The van der Waals surface area contributed by atoms with Crippen LogP contribution in [0.15, 0.2) is 30.3 Å². The molecule has 78 valence electrons. The van der Waals surface area contributed by atoms with E-state index >= 15 is 0 Å². The van der Waals surface area contributed by atoms with Crippen molar-refractivity contribution in [3.05, 3.63) is 41.0 Å². The number of aromatic nitrogens is 1. The Kier molecular flexibility index (Phi) is 2.89. The van der Waals surface area contributed by atoms with Gasteiger partial charge in [-0.3, -0.25) is 4.98 Å². The van der Waals surface area contributed by atoms with Gasteiger partial charge in [-0.15, -0.1) is 0 Å². The monoisotopic (exact) mass is 220 g/mol. The van der Waals surface area contributed by atoms with Crippen molar-refractivity contribution in [3.63, 3.8) is 0 Å². The van der Waals surface area contributed by atoms with Gasteiger partial charge in [-0.1, -0.05) is 17.7 Å². The van der Waals surface area contributed by atoms with Gasteiger partial charge >= 0.3 is 0 Å². The SMILES string of the molecule is CC(N)Cc1ccc2cc(Cl)ccc2n1. The summed E-state index contributed by atoms with van der Waals surface area (Å²) in [6, 6.07) is 9.88. The van der Waals surface area contributed by atoms with E-state index in [1.807, 2.05) is 37.3 Å². The van der Waals surface area contributed by atoms with Crippen LogP contribution in [0.5, 0.6) is 0 Å². The number of hydrogen-bond acceptors (Lipinski definition) is 2. The molecule has 2 aromatic rings. The van der Waals surface area contributed by atoms with Gasteiger partial charge in [0.15, 0.2) is 0 Å². The molecule has 0 bridgehead atoms. The third-order valence-corrected chi connectivity index (χ3v) is 2.48. The second-order valence-corrected chi connectivity index (χ2v) is 4.26. The highest BCUT2D eigenvalue weighted by molar-refractivity contribution is 6.31. The predicted octanol–water partition coefficient (Wildman–Crippen LogP) is 2.78. The molecule has 1 atom stereocenters. The zero-order chi connectivity index (χ0) is 10.8. The van der Waals surface area contributed by atoms with Crippen molar-refractivity contribution in [1.82, 2.24) is 4.98 Å². The second kappa shape index (κ2) is 4.17. The predicted molar refractivity (Wildman–Crippen MR) is 64.1 cm³/mol. The molecule has 0 radical (unpaired) electrons. The largest absolute Gasteiger partial charge is 0.328 e. The highest BCUT2D eigenvalue weighted by Crippen LogP contribution is 2.18. The lowest BCUT2D eigenvalue weighted by atomic mass is 10.1. The number of halogens is 1. The van der Waals surface area contributed by atoms with Crippen molar-refractivity contribution in [2.75, 3.05) is 0 Å². The van der Waals surface area contributed by atoms with E-state index in [4.69, 9.17) is 17.3 Å². The van der Waals surface area contributed by atoms with Gasteiger partial charge in [0, 0.05) is 28.6 Å². The number of pyridine rings is 1. The molecule has 0 aliphatic rings. The molecule has 15 heavy (non-hydrogen) atoms. The van der Waals surface area contributed by atoms with E-state index in [9.17, 15) is 0 Å². The lowest BCUT2D eigenvalue weighted by Crippen LogP contribution is -2.18. The first-order valence-corrected chi connectivity index (χ1v) is 5.34. The minimum atomic E-state index is 0.141. The van der Waals surface area contributed by atoms with Crippen LogP contribution in [-0.4, -0.2) is 11.0 Å². The average molecular weight is 221 g/mol. The minimum absolute atomic E-state index is 0.141. The lowest BCUT2D eigenvalue weighted by molar-refractivity contribution is 0.725. The summed E-state index contributed by atoms with van der Waals surface area (Å²) in [4.78, 5) is 4.52. The Balaban J connectivity index is 2.43. The molecule has 1 heterocycles. The topological polar surface area (TPSA) is 38.9 Å². The fourth-order valence-electron chi connectivity index (χ4n) is 1.58. The number of rotatable bonds is 2. The van der Waals surface area contributed by atoms with Crippen LogP contribution < -0.4 is 5.73 Å². The first kappa shape index (κ1) is 10.4. The van der Waals surface area contributed by atoms with Crippen molar-refractivity contribution < 1.29 is 0 Å². The second-order valence-electron chi connectivity index (χ2n) is 3.82. The van der Waals surface area contributed by atoms with Gasteiger partial charge in [-0.2, -0.15) is 0 Å². The van der Waals surface area contributed by atoms with Crippen molar-refractivity contribution in [2.24, 2.45) is 5.73 Å². The van der Waals surface area contributed by atoms with Gasteiger partial charge in [0.1, 0.15) is 0 Å². The standard InChI is InChI=1S/C12H13ClN2/c1-8(14)6-11-4-2-9-7-10(13)3-5-12(9)15-11/h2-5,7-8H,6,14H2,1H3. The van der Waals surface area contributed by atoms with Crippen LogP contribution in [0.3, 0.4) is 0 Å². The molecule has 2 N–H and O–H groups in total. The molecule has 1 unspecified atom stereocenters. The number of nitrogens with zero attached hydrogens (tertiary/aromatic N) is 1. The maximum atomic E-state index is 5.90. The van der Waals surface area contributed by atoms with E-state index < -0.39 is 0 Å². The Hall–Kier alpha value is -1.12. The number of nitrogens with two attached hydrogens (primary N) is 1. The summed E-state index contributed by atoms with van der Waals surface area (Å²) < 4.78 is 0. The van der Waals surface area contributed by atoms with Gasteiger partial charge in [-0.05, 0) is 31.2 Å². The molecule has 3 heteroatoms. The molecule has 1 aromatic heterocycles. The lowest BCUT2D eigenvalue weighted by Gasteiger charge is -2.05. The molecule has 2 nitrogen and oxygen atoms in total. The van der Waals surface area contributed by atoms with Crippen molar-refractivity contribution >= 4 is 22.5 Å². The summed E-state index contributed by atoms with van der Waals surface area (Å²) in [5, 5.41) is 1.81. The highest BCUT2D eigenvalue weighted by atomic mass is 35.5. The van der Waals surface area contributed by atoms with E-state index in [0.717, 1.165) is 28.0 Å². The molecule has 0 spiro atoms. The number of benzene rings is 1. The fourth-order valence-corrected chi connectivity index (χ4v) is 1.76. The van der Waals surface area contributed by atoms with Gasteiger partial charge in [0.25, 0.3) is 0 Å². The molecule has 0 amide bonds. The fraction of sp³-hybridized carbons (Fsp3) is 0.250. The maximum Gasteiger partial charge on any atom is 0.0706 e. The molecule has 0 saturated heterocycles. The van der Waals surface area contributed by atoms with Crippen LogP contribution in [0.4, 0.5) is 0 Å². The van der Waals surface area contributed by atoms with E-state index in [1.54, 1.807) is 0 Å². The third kappa shape index (κ3) is 2.46. The molecule has 0 saturated carbocycles. The molecule has 0 fully saturated rings. The smallest absolute Gasteiger partial charge is 0.0706 e. The van der Waals surface area contributed by atoms with Gasteiger partial charge < -0.3 is 5.73 Å². The Morgan fingerprint density at radius 2 is 2.13 bits per heavy atom. The van der Waals surface area contributed by atoms with Crippen LogP contribution in [0, 0.1) is 0 Å². The van der Waals surface area contributed by atoms with E-state index in [0.29, 0.717) is 0 Å². The highest BCUT2D eigenvalue weighted by Gasteiger charge is 2.01. The van der Waals surface area contributed by atoms with Crippen LogP contribution in [0.2, 0.25) is 5.02 Å². The Labute approximate surface area is 94.1 Å². The maximum absolute atomic E-state index is 5.90. The quantitative estimate of drug-likeness (QED) is 0.846. The van der Waals surface area contributed by atoms with E-state index in [-0.39, 0.29) is 6.04 Å². The minimum Gasteiger partial charge on any atom is -0.328 e. The number of fused-ring (bicyclic) bond motifs is 1. The third-order valence-electron chi connectivity index (χ3n) is 2.24. The van der Waals surface area contributed by atoms with Crippen molar-refractivity contribution in [1.29, 1.82) is 0 Å². The molecular formula is C12H13ClN2. The van der Waals surface area contributed by atoms with Gasteiger partial charge in [0.05, 0.1) is 5.52 Å². The molecule has 0 aliphatic heterocycles. The summed E-state index contributed by atoms with van der Waals surface area (Å²) in [7, 11) is 0. The summed E-state index contributed by atoms with van der Waals surface area (Å²) >= 11 is 5.90. The zero-order valence-electron chi connectivity index (χ0n) is 8.57.